The molecule has 0 fully saturated rings. The number of para-hydroxylation sites is 1. The van der Waals surface area contributed by atoms with E-state index in [-0.39, 0.29) is 36.8 Å². The van der Waals surface area contributed by atoms with Gasteiger partial charge in [0.15, 0.2) is 0 Å². The van der Waals surface area contributed by atoms with E-state index in [0.717, 1.165) is 23.3 Å². The molecule has 1 atom stereocenters. The Morgan fingerprint density at radius 2 is 1.90 bits per heavy atom. The van der Waals surface area contributed by atoms with Crippen molar-refractivity contribution in [3.63, 3.8) is 0 Å². The summed E-state index contributed by atoms with van der Waals surface area (Å²) in [5, 5.41) is 0. The van der Waals surface area contributed by atoms with E-state index < -0.39 is 0 Å². The second-order valence-corrected chi connectivity index (χ2v) is 7.86. The smallest absolute Gasteiger partial charge is 0.257 e. The van der Waals surface area contributed by atoms with Gasteiger partial charge in [0, 0.05) is 32.0 Å². The molecule has 0 aliphatic carbocycles. The maximum atomic E-state index is 12.9. The predicted molar refractivity (Wildman–Crippen MR) is 130 cm³/mol. The molecular formula is C23H32Cl2N4O2. The fourth-order valence-corrected chi connectivity index (χ4v) is 3.18. The van der Waals surface area contributed by atoms with Gasteiger partial charge in [0.25, 0.3) is 5.91 Å². The van der Waals surface area contributed by atoms with Crippen LogP contribution in [0.5, 0.6) is 5.75 Å². The Labute approximate surface area is 196 Å². The predicted octanol–water partition coefficient (Wildman–Crippen LogP) is 4.51. The van der Waals surface area contributed by atoms with Crippen molar-refractivity contribution in [2.24, 2.45) is 11.7 Å². The summed E-state index contributed by atoms with van der Waals surface area (Å²) >= 11 is 0. The van der Waals surface area contributed by atoms with Gasteiger partial charge < -0.3 is 19.8 Å². The fraction of sp³-hybridized carbons (Fsp3) is 0.391. The molecule has 31 heavy (non-hydrogen) atoms. The molecule has 2 heterocycles. The Morgan fingerprint density at radius 1 is 1.19 bits per heavy atom. The van der Waals surface area contributed by atoms with Gasteiger partial charge in [-0.25, -0.2) is 4.98 Å². The van der Waals surface area contributed by atoms with Crippen LogP contribution in [0.3, 0.4) is 0 Å². The van der Waals surface area contributed by atoms with Crippen LogP contribution in [0.25, 0.3) is 5.65 Å². The monoisotopic (exact) mass is 466 g/mol. The topological polar surface area (TPSA) is 72.9 Å². The largest absolute Gasteiger partial charge is 0.486 e. The highest BCUT2D eigenvalue weighted by Crippen LogP contribution is 2.21. The molecule has 0 aliphatic rings. The Morgan fingerprint density at radius 3 is 2.58 bits per heavy atom. The highest BCUT2D eigenvalue weighted by Gasteiger charge is 2.18. The van der Waals surface area contributed by atoms with Crippen LogP contribution in [0.4, 0.5) is 0 Å². The van der Waals surface area contributed by atoms with Crippen molar-refractivity contribution in [3.05, 3.63) is 65.6 Å². The maximum Gasteiger partial charge on any atom is 0.257 e. The summed E-state index contributed by atoms with van der Waals surface area (Å²) in [5.74, 6) is 0.886. The molecule has 3 aromatic rings. The number of carbonyl (C=O) groups excluding carboxylic acids is 1. The minimum atomic E-state index is -0.0672. The molecule has 0 saturated heterocycles. The molecule has 2 N–H and O–H groups in total. The number of aryl methyl sites for hydroxylation is 1. The van der Waals surface area contributed by atoms with Gasteiger partial charge in [-0.3, -0.25) is 4.79 Å². The molecule has 2 aromatic heterocycles. The number of imidazole rings is 1. The first-order valence-electron chi connectivity index (χ1n) is 10.0. The summed E-state index contributed by atoms with van der Waals surface area (Å²) in [5.41, 5.74) is 9.50. The first-order chi connectivity index (χ1) is 13.9. The van der Waals surface area contributed by atoms with Crippen molar-refractivity contribution in [2.75, 3.05) is 13.6 Å². The average Bonchev–Trinajstić information content (AvgIpc) is 3.14. The van der Waals surface area contributed by atoms with Crippen molar-refractivity contribution < 1.29 is 9.53 Å². The Kier molecular flexibility index (Phi) is 10.3. The van der Waals surface area contributed by atoms with Crippen molar-refractivity contribution >= 4 is 36.4 Å². The number of aromatic nitrogens is 2. The third kappa shape index (κ3) is 6.60. The lowest BCUT2D eigenvalue weighted by Crippen LogP contribution is -2.34. The molecule has 3 rings (SSSR count). The molecule has 0 spiro atoms. The molecule has 6 nitrogen and oxygen atoms in total. The van der Waals surface area contributed by atoms with Crippen LogP contribution in [0.1, 0.15) is 41.9 Å². The highest BCUT2D eigenvalue weighted by atomic mass is 35.5. The van der Waals surface area contributed by atoms with Gasteiger partial charge in [-0.2, -0.15) is 0 Å². The number of benzene rings is 1. The summed E-state index contributed by atoms with van der Waals surface area (Å²) in [7, 11) is 1.80. The van der Waals surface area contributed by atoms with E-state index in [1.165, 1.54) is 0 Å². The molecule has 1 amide bonds. The summed E-state index contributed by atoms with van der Waals surface area (Å²) in [4.78, 5) is 19.3. The van der Waals surface area contributed by atoms with Gasteiger partial charge in [0.05, 0.1) is 11.3 Å². The number of carbonyl (C=O) groups is 1. The minimum absolute atomic E-state index is 0. The van der Waals surface area contributed by atoms with Crippen molar-refractivity contribution in [3.8, 4) is 5.75 Å². The van der Waals surface area contributed by atoms with Gasteiger partial charge in [-0.05, 0) is 43.0 Å². The number of halogens is 2. The summed E-state index contributed by atoms with van der Waals surface area (Å²) in [6.07, 6.45) is 4.68. The lowest BCUT2D eigenvalue weighted by molar-refractivity contribution is 0.0784. The van der Waals surface area contributed by atoms with Crippen molar-refractivity contribution in [1.82, 2.24) is 14.3 Å². The van der Waals surface area contributed by atoms with Gasteiger partial charge in [0.2, 0.25) is 0 Å². The zero-order chi connectivity index (χ0) is 21.0. The van der Waals surface area contributed by atoms with Crippen LogP contribution in [-0.2, 0) is 6.61 Å². The number of nitrogens with two attached hydrogens (primary N) is 1. The van der Waals surface area contributed by atoms with E-state index in [4.69, 9.17) is 10.5 Å². The molecule has 0 saturated carbocycles. The Hall–Kier alpha value is -2.28. The zero-order valence-corrected chi connectivity index (χ0v) is 20.1. The average molecular weight is 467 g/mol. The molecule has 0 bridgehead atoms. The van der Waals surface area contributed by atoms with Crippen LogP contribution in [0.2, 0.25) is 0 Å². The summed E-state index contributed by atoms with van der Waals surface area (Å²) < 4.78 is 7.96. The second kappa shape index (κ2) is 11.9. The van der Waals surface area contributed by atoms with Crippen LogP contribution in [-0.4, -0.2) is 39.8 Å². The number of ether oxygens (including phenoxy) is 1. The van der Waals surface area contributed by atoms with E-state index in [9.17, 15) is 4.79 Å². The van der Waals surface area contributed by atoms with Gasteiger partial charge in [0.1, 0.15) is 18.0 Å². The number of rotatable bonds is 8. The third-order valence-corrected chi connectivity index (χ3v) is 5.22. The molecule has 170 valence electrons. The molecule has 1 aromatic carbocycles. The minimum Gasteiger partial charge on any atom is -0.486 e. The second-order valence-electron chi connectivity index (χ2n) is 7.86. The van der Waals surface area contributed by atoms with E-state index in [0.29, 0.717) is 30.4 Å². The standard InChI is InChI=1S/C23H30N4O2.2ClH/c1-16(2)20(24)11-13-26(4)23(28)19-9-5-6-10-21(19)29-15-18-14-27-12-7-8-17(3)22(27)25-18;;/h5-10,12,14,16,20H,11,13,15,24H2,1-4H3;2*1H. The maximum absolute atomic E-state index is 12.9. The van der Waals surface area contributed by atoms with Crippen LogP contribution in [0.15, 0.2) is 48.8 Å². The normalized spacial score (nSPS) is 11.5. The molecule has 1 unspecified atom stereocenters. The first-order valence-corrected chi connectivity index (χ1v) is 10.0. The number of fused-ring (bicyclic) bond motifs is 1. The quantitative estimate of drug-likeness (QED) is 0.529. The highest BCUT2D eigenvalue weighted by molar-refractivity contribution is 5.96. The summed E-state index contributed by atoms with van der Waals surface area (Å²) in [6.45, 7) is 7.13. The zero-order valence-electron chi connectivity index (χ0n) is 18.4. The lowest BCUT2D eigenvalue weighted by atomic mass is 10.0. The number of nitrogens with zero attached hydrogens (tertiary/aromatic N) is 3. The summed E-state index contributed by atoms with van der Waals surface area (Å²) in [6, 6.07) is 11.4. The molecule has 0 radical (unpaired) electrons. The Bertz CT molecular complexity index is 991. The van der Waals surface area contributed by atoms with Crippen LogP contribution in [0, 0.1) is 12.8 Å². The SMILES string of the molecule is Cc1cccn2cc(COc3ccccc3C(=O)N(C)CCC(N)C(C)C)nc12.Cl.Cl. The third-order valence-electron chi connectivity index (χ3n) is 5.22. The van der Waals surface area contributed by atoms with E-state index in [1.807, 2.05) is 54.0 Å². The van der Waals surface area contributed by atoms with Gasteiger partial charge >= 0.3 is 0 Å². The molecular weight excluding hydrogens is 435 g/mol. The fourth-order valence-electron chi connectivity index (χ4n) is 3.18. The van der Waals surface area contributed by atoms with Crippen molar-refractivity contribution in [2.45, 2.75) is 39.8 Å². The lowest BCUT2D eigenvalue weighted by Gasteiger charge is -2.22. The first kappa shape index (κ1) is 26.8. The number of pyridine rings is 1. The number of hydrogen-bond acceptors (Lipinski definition) is 4. The van der Waals surface area contributed by atoms with Crippen LogP contribution >= 0.6 is 24.8 Å². The van der Waals surface area contributed by atoms with E-state index in [1.54, 1.807) is 18.0 Å². The van der Waals surface area contributed by atoms with E-state index in [2.05, 4.69) is 18.8 Å². The van der Waals surface area contributed by atoms with Crippen LogP contribution < -0.4 is 10.5 Å². The van der Waals surface area contributed by atoms with Crippen molar-refractivity contribution in [1.29, 1.82) is 0 Å². The number of hydrogen-bond donors (Lipinski definition) is 1. The molecule has 8 heteroatoms. The molecule has 0 aliphatic heterocycles. The van der Waals surface area contributed by atoms with Gasteiger partial charge in [-0.15, -0.1) is 24.8 Å². The Balaban J connectivity index is 0.00000240. The van der Waals surface area contributed by atoms with E-state index >= 15 is 0 Å². The number of amides is 1. The van der Waals surface area contributed by atoms with Gasteiger partial charge in [-0.1, -0.05) is 32.0 Å².